The molecule has 4 fully saturated rings. The summed E-state index contributed by atoms with van der Waals surface area (Å²) in [6.07, 6.45) is -10.7. The second-order valence-corrected chi connectivity index (χ2v) is 15.6. The molecule has 2 aliphatic heterocycles. The maximum Gasteiger partial charge on any atom is 0.510 e. The van der Waals surface area contributed by atoms with Crippen LogP contribution in [0.3, 0.4) is 0 Å². The van der Waals surface area contributed by atoms with Crippen molar-refractivity contribution in [1.82, 2.24) is 0 Å². The van der Waals surface area contributed by atoms with Gasteiger partial charge in [-0.1, -0.05) is 32.0 Å². The van der Waals surface area contributed by atoms with Gasteiger partial charge in [0.05, 0.1) is 23.5 Å². The van der Waals surface area contributed by atoms with Crippen molar-refractivity contribution >= 4 is 41.8 Å². The molecule has 0 unspecified atom stereocenters. The van der Waals surface area contributed by atoms with Crippen molar-refractivity contribution in [2.24, 2.45) is 16.7 Å². The average Bonchev–Trinajstić information content (AvgIpc) is 3.40. The molecule has 0 N–H and O–H groups in total. The lowest BCUT2D eigenvalue weighted by Crippen LogP contribution is -2.83. The summed E-state index contributed by atoms with van der Waals surface area (Å²) in [5.41, 5.74) is -8.94. The number of carbonyl (C=O) groups is 7. The fourth-order valence-corrected chi connectivity index (χ4v) is 8.99. The Kier molecular flexibility index (Phi) is 8.63. The first kappa shape index (κ1) is 37.0. The number of hydrogen-bond donors (Lipinski definition) is 0. The van der Waals surface area contributed by atoms with Gasteiger partial charge in [-0.3, -0.25) is 19.2 Å². The molecule has 1 aromatic carbocycles. The minimum atomic E-state index is -2.29. The van der Waals surface area contributed by atoms with Gasteiger partial charge in [-0.15, -0.1) is 0 Å². The Morgan fingerprint density at radius 2 is 1.56 bits per heavy atom. The molecule has 6 rings (SSSR count). The van der Waals surface area contributed by atoms with E-state index in [4.69, 9.17) is 37.9 Å². The summed E-state index contributed by atoms with van der Waals surface area (Å²) in [6, 6.07) is 7.79. The highest BCUT2D eigenvalue weighted by atomic mass is 16.8. The quantitative estimate of drug-likeness (QED) is 0.312. The highest BCUT2D eigenvalue weighted by Crippen LogP contribution is 2.66. The SMILES string of the molecule is CC(=O)O[C@H]1C(=O)[C@]2(C)[C@@H](OC(=O)OC(C)(C)C)C[C@H]3OC[C@@]3(OC(C)=O)[C@H]2[C@H](OC(=O)c2ccccc2)[C@]23OC(=O)O[C@H]2C(=O)C(C)=C1C3(C)C. The molecule has 15 nitrogen and oxygen atoms in total. The Morgan fingerprint density at radius 3 is 2.12 bits per heavy atom. The van der Waals surface area contributed by atoms with Crippen LogP contribution in [0.4, 0.5) is 9.59 Å². The molecule has 0 radical (unpaired) electrons. The molecule has 2 bridgehead atoms. The number of rotatable bonds is 5. The molecule has 1 spiro atoms. The van der Waals surface area contributed by atoms with E-state index < -0.39 is 106 Å². The van der Waals surface area contributed by atoms with E-state index in [9.17, 15) is 28.8 Å². The van der Waals surface area contributed by atoms with E-state index in [1.54, 1.807) is 52.8 Å². The third-order valence-electron chi connectivity index (χ3n) is 11.1. The maximum absolute atomic E-state index is 15.6. The monoisotopic (exact) mass is 726 g/mol. The number of esters is 3. The molecule has 2 saturated carbocycles. The molecular weight excluding hydrogens is 684 g/mol. The molecule has 15 heteroatoms. The van der Waals surface area contributed by atoms with E-state index in [2.05, 4.69) is 0 Å². The third-order valence-corrected chi connectivity index (χ3v) is 11.1. The first-order valence-electron chi connectivity index (χ1n) is 16.9. The second-order valence-electron chi connectivity index (χ2n) is 15.6. The number of carbonyl (C=O) groups excluding carboxylic acids is 7. The van der Waals surface area contributed by atoms with E-state index in [1.807, 2.05) is 0 Å². The summed E-state index contributed by atoms with van der Waals surface area (Å²) >= 11 is 0. The van der Waals surface area contributed by atoms with Gasteiger partial charge in [0.2, 0.25) is 17.5 Å². The van der Waals surface area contributed by atoms with Crippen LogP contribution in [0.1, 0.15) is 79.1 Å². The van der Waals surface area contributed by atoms with E-state index in [-0.39, 0.29) is 29.7 Å². The van der Waals surface area contributed by atoms with Crippen LogP contribution in [0.15, 0.2) is 41.5 Å². The third kappa shape index (κ3) is 5.29. The van der Waals surface area contributed by atoms with Crippen LogP contribution < -0.4 is 0 Å². The van der Waals surface area contributed by atoms with Crippen molar-refractivity contribution < 1.29 is 71.5 Å². The van der Waals surface area contributed by atoms with Crippen LogP contribution in [0, 0.1) is 16.7 Å². The Morgan fingerprint density at radius 1 is 0.904 bits per heavy atom. The van der Waals surface area contributed by atoms with Crippen LogP contribution >= 0.6 is 0 Å². The molecule has 2 saturated heterocycles. The van der Waals surface area contributed by atoms with Crippen LogP contribution in [-0.4, -0.2) is 95.7 Å². The van der Waals surface area contributed by atoms with Crippen molar-refractivity contribution in [2.75, 3.05) is 6.61 Å². The fraction of sp³-hybridized carbons (Fsp3) is 0.595. The number of hydrogen-bond acceptors (Lipinski definition) is 15. The Hall–Kier alpha value is -4.79. The molecule has 1 aromatic rings. The van der Waals surface area contributed by atoms with Gasteiger partial charge in [-0.05, 0) is 52.3 Å². The van der Waals surface area contributed by atoms with Gasteiger partial charge in [-0.2, -0.15) is 0 Å². The number of benzene rings is 1. The predicted octanol–water partition coefficient (Wildman–Crippen LogP) is 3.97. The highest BCUT2D eigenvalue weighted by Gasteiger charge is 2.83. The van der Waals surface area contributed by atoms with Crippen molar-refractivity contribution in [3.63, 3.8) is 0 Å². The zero-order chi connectivity index (χ0) is 38.3. The van der Waals surface area contributed by atoms with Gasteiger partial charge < -0.3 is 37.9 Å². The zero-order valence-corrected chi connectivity index (χ0v) is 30.4. The Bertz CT molecular complexity index is 1790. The molecule has 3 aliphatic carbocycles. The predicted molar refractivity (Wildman–Crippen MR) is 173 cm³/mol. The molecule has 5 aliphatic rings. The Labute approximate surface area is 299 Å². The van der Waals surface area contributed by atoms with Crippen molar-refractivity contribution in [1.29, 1.82) is 0 Å². The maximum atomic E-state index is 15.6. The summed E-state index contributed by atoms with van der Waals surface area (Å²) in [7, 11) is 0. The van der Waals surface area contributed by atoms with E-state index in [0.717, 1.165) is 13.8 Å². The van der Waals surface area contributed by atoms with Gasteiger partial charge >= 0.3 is 30.2 Å². The van der Waals surface area contributed by atoms with Gasteiger partial charge in [0.25, 0.3) is 0 Å². The van der Waals surface area contributed by atoms with E-state index >= 15 is 4.79 Å². The van der Waals surface area contributed by atoms with Gasteiger partial charge in [0.15, 0.2) is 23.6 Å². The van der Waals surface area contributed by atoms with Crippen LogP contribution in [0.25, 0.3) is 0 Å². The average molecular weight is 727 g/mol. The molecule has 0 amide bonds. The minimum absolute atomic E-state index is 0.0442. The standard InChI is InChI=1S/C37H42O15/c1-17-23-25(46-18(2)38)27(41)35(9)21(47-31(43)51-33(4,5)6)15-22-36(16-45-22,50-19(3)39)26(35)29(48-30(42)20-13-11-10-12-14-20)37(34(23,7)8)28(24(17)40)49-32(44)52-37/h10-14,21-22,25-26,28-29H,15-16H2,1-9H3/t21-,22+,25+,26-,28-,29-,35+,36-,37+/m0/s1. The van der Waals surface area contributed by atoms with Gasteiger partial charge in [0, 0.05) is 31.3 Å². The van der Waals surface area contributed by atoms with Crippen LogP contribution in [0.5, 0.6) is 0 Å². The second kappa shape index (κ2) is 12.1. The van der Waals surface area contributed by atoms with E-state index in [1.165, 1.54) is 26.0 Å². The van der Waals surface area contributed by atoms with Crippen molar-refractivity contribution in [2.45, 2.75) is 116 Å². The summed E-state index contributed by atoms with van der Waals surface area (Å²) in [5, 5.41) is 0. The van der Waals surface area contributed by atoms with Crippen molar-refractivity contribution in [3.8, 4) is 0 Å². The van der Waals surface area contributed by atoms with Crippen molar-refractivity contribution in [3.05, 3.63) is 47.0 Å². The highest BCUT2D eigenvalue weighted by molar-refractivity contribution is 6.06. The van der Waals surface area contributed by atoms with E-state index in [0.29, 0.717) is 0 Å². The topological polar surface area (TPSA) is 193 Å². The molecule has 52 heavy (non-hydrogen) atoms. The summed E-state index contributed by atoms with van der Waals surface area (Å²) in [6.45, 7) is 12.6. The number of fused-ring (bicyclic) bond motifs is 4. The lowest BCUT2D eigenvalue weighted by Gasteiger charge is -2.67. The first-order chi connectivity index (χ1) is 24.1. The molecule has 9 atom stereocenters. The molecule has 280 valence electrons. The fourth-order valence-electron chi connectivity index (χ4n) is 8.99. The number of ether oxygens (including phenoxy) is 8. The summed E-state index contributed by atoms with van der Waals surface area (Å²) < 4.78 is 47.4. The normalized spacial score (nSPS) is 35.8. The molecule has 2 heterocycles. The zero-order valence-electron chi connectivity index (χ0n) is 30.4. The van der Waals surface area contributed by atoms with Gasteiger partial charge in [-0.25, -0.2) is 14.4 Å². The van der Waals surface area contributed by atoms with Gasteiger partial charge in [0.1, 0.15) is 17.8 Å². The lowest BCUT2D eigenvalue weighted by molar-refractivity contribution is -0.344. The van der Waals surface area contributed by atoms with Crippen LogP contribution in [0.2, 0.25) is 0 Å². The lowest BCUT2D eigenvalue weighted by atomic mass is 9.44. The largest absolute Gasteiger partial charge is 0.510 e. The van der Waals surface area contributed by atoms with Crippen LogP contribution in [-0.2, 0) is 57.1 Å². The smallest absolute Gasteiger partial charge is 0.454 e. The summed E-state index contributed by atoms with van der Waals surface area (Å²) in [4.78, 5) is 96.7. The first-order valence-corrected chi connectivity index (χ1v) is 16.9. The Balaban J connectivity index is 1.72. The minimum Gasteiger partial charge on any atom is -0.454 e. The number of ketones is 2. The molecular formula is C37H42O15. The molecule has 0 aromatic heterocycles. The summed E-state index contributed by atoms with van der Waals surface area (Å²) in [5.74, 6) is -5.92. The number of Topliss-reactive ketones (excluding diaryl/α,β-unsaturated/α-hetero) is 2.